The minimum Gasteiger partial charge on any atom is -0.369 e. The van der Waals surface area contributed by atoms with E-state index >= 15 is 0 Å². The monoisotopic (exact) mass is 162 g/mol. The first-order chi connectivity index (χ1) is 5.47. The first kappa shape index (κ1) is 6.80. The van der Waals surface area contributed by atoms with Gasteiger partial charge in [0.05, 0.1) is 0 Å². The molecule has 0 aliphatic carbocycles. The van der Waals surface area contributed by atoms with E-state index in [1.807, 2.05) is 29.8 Å². The van der Waals surface area contributed by atoms with Crippen molar-refractivity contribution in [3.05, 3.63) is 52.9 Å². The van der Waals surface area contributed by atoms with Gasteiger partial charge in [-0.15, -0.1) is 0 Å². The highest BCUT2D eigenvalue weighted by Gasteiger charge is 2.12. The Morgan fingerprint density at radius 1 is 1.09 bits per heavy atom. The van der Waals surface area contributed by atoms with Crippen LogP contribution in [-0.4, -0.2) is 0 Å². The van der Waals surface area contributed by atoms with Gasteiger partial charge >= 0.3 is 0 Å². The highest BCUT2D eigenvalue weighted by atomic mass is 32.2. The van der Waals surface area contributed by atoms with E-state index in [1.165, 1.54) is 10.9 Å². The van der Waals surface area contributed by atoms with Crippen LogP contribution in [0.15, 0.2) is 41.9 Å². The van der Waals surface area contributed by atoms with Gasteiger partial charge in [0.25, 0.3) is 0 Å². The molecule has 0 aromatic heterocycles. The molecule has 1 N–H and O–H groups in total. The lowest BCUT2D eigenvalue weighted by atomic mass is 10.2. The zero-order valence-corrected chi connectivity index (χ0v) is 6.77. The van der Waals surface area contributed by atoms with Crippen molar-refractivity contribution in [3.63, 3.8) is 0 Å². The van der Waals surface area contributed by atoms with Gasteiger partial charge in [0.15, 0.2) is 5.37 Å². The minimum absolute atomic E-state index is 1.21. The van der Waals surface area contributed by atoms with Crippen LogP contribution in [0.5, 0.6) is 0 Å². The Bertz CT molecular complexity index is 248. The first-order valence-corrected chi connectivity index (χ1v) is 4.35. The van der Waals surface area contributed by atoms with E-state index in [9.17, 15) is 0 Å². The molecule has 2 heteroatoms. The second-order valence-electron chi connectivity index (χ2n) is 2.26. The smallest absolute Gasteiger partial charge is 0.150 e. The summed E-state index contributed by atoms with van der Waals surface area (Å²) in [7, 11) is 0. The molecule has 1 aliphatic heterocycles. The van der Waals surface area contributed by atoms with E-state index in [4.69, 9.17) is 0 Å². The van der Waals surface area contributed by atoms with Crippen LogP contribution in [-0.2, 0) is 0 Å². The van der Waals surface area contributed by atoms with Gasteiger partial charge in [0.2, 0.25) is 0 Å². The molecule has 55 valence electrons. The third-order valence-electron chi connectivity index (χ3n) is 1.50. The normalized spacial score (nSPS) is 16.7. The fourth-order valence-corrected chi connectivity index (χ4v) is 1.67. The maximum Gasteiger partial charge on any atom is 0.150 e. The molecule has 0 saturated heterocycles. The van der Waals surface area contributed by atoms with Crippen LogP contribution < -0.4 is 5.32 Å². The van der Waals surface area contributed by atoms with E-state index < -0.39 is 0 Å². The second kappa shape index (κ2) is 3.01. The zero-order chi connectivity index (χ0) is 7.52. The summed E-state index contributed by atoms with van der Waals surface area (Å²) in [5.41, 5.74) is 1.25. The molecule has 1 aromatic carbocycles. The summed E-state index contributed by atoms with van der Waals surface area (Å²) in [5, 5.41) is 6.43. The Morgan fingerprint density at radius 3 is 2.55 bits per heavy atom. The fraction of sp³-hybridized carbons (Fsp3) is 0. The predicted molar refractivity (Wildman–Crippen MR) is 48.7 cm³/mol. The molecule has 1 aromatic rings. The van der Waals surface area contributed by atoms with Crippen LogP contribution in [0.25, 0.3) is 0 Å². The van der Waals surface area contributed by atoms with Crippen LogP contribution >= 0.6 is 11.8 Å². The van der Waals surface area contributed by atoms with Crippen molar-refractivity contribution in [2.75, 3.05) is 0 Å². The predicted octanol–water partition coefficient (Wildman–Crippen LogP) is 2.33. The Balaban J connectivity index is 2.17. The largest absolute Gasteiger partial charge is 0.369 e. The average molecular weight is 162 g/mol. The maximum atomic E-state index is 3.17. The molecule has 0 bridgehead atoms. The quantitative estimate of drug-likeness (QED) is 0.680. The number of rotatable bonds is 1. The molecule has 0 atom stereocenters. The molecule has 0 spiro atoms. The van der Waals surface area contributed by atoms with Crippen LogP contribution in [0, 0.1) is 5.37 Å². The topological polar surface area (TPSA) is 12.0 Å². The van der Waals surface area contributed by atoms with Gasteiger partial charge in [-0.25, -0.2) is 0 Å². The van der Waals surface area contributed by atoms with E-state index in [0.717, 1.165) is 0 Å². The number of hydrogen-bond donors (Lipinski definition) is 1. The molecule has 1 heterocycles. The third kappa shape index (κ3) is 1.40. The summed E-state index contributed by atoms with van der Waals surface area (Å²) >= 11 is 1.72. The Labute approximate surface area is 70.5 Å². The molecule has 0 unspecified atom stereocenters. The molecule has 2 rings (SSSR count). The van der Waals surface area contributed by atoms with Crippen molar-refractivity contribution in [1.29, 1.82) is 0 Å². The lowest BCUT2D eigenvalue weighted by Gasteiger charge is -2.07. The molecule has 0 saturated carbocycles. The first-order valence-electron chi connectivity index (χ1n) is 3.47. The lowest BCUT2D eigenvalue weighted by Crippen LogP contribution is -2.07. The van der Waals surface area contributed by atoms with Crippen molar-refractivity contribution in [2.45, 2.75) is 0 Å². The van der Waals surface area contributed by atoms with Crippen molar-refractivity contribution in [3.8, 4) is 0 Å². The molecule has 0 fully saturated rings. The van der Waals surface area contributed by atoms with Gasteiger partial charge in [-0.2, -0.15) is 0 Å². The molecule has 1 nitrogen and oxygen atoms in total. The van der Waals surface area contributed by atoms with Crippen LogP contribution in [0.2, 0.25) is 0 Å². The lowest BCUT2D eigenvalue weighted by molar-refractivity contribution is 1.06. The maximum absolute atomic E-state index is 3.17. The molecular weight excluding hydrogens is 154 g/mol. The van der Waals surface area contributed by atoms with E-state index in [2.05, 4.69) is 17.4 Å². The summed E-state index contributed by atoms with van der Waals surface area (Å²) in [6.45, 7) is 0. The van der Waals surface area contributed by atoms with Crippen LogP contribution in [0.3, 0.4) is 0 Å². The Morgan fingerprint density at radius 2 is 1.91 bits per heavy atom. The fourth-order valence-electron chi connectivity index (χ4n) is 0.987. The Kier molecular flexibility index (Phi) is 1.86. The van der Waals surface area contributed by atoms with Crippen LogP contribution in [0.4, 0.5) is 0 Å². The van der Waals surface area contributed by atoms with Gasteiger partial charge in [0.1, 0.15) is 0 Å². The summed E-state index contributed by atoms with van der Waals surface area (Å²) in [4.78, 5) is 0. The van der Waals surface area contributed by atoms with E-state index in [1.54, 1.807) is 11.8 Å². The highest BCUT2D eigenvalue weighted by Crippen LogP contribution is 2.29. The number of thioether (sulfide) groups is 1. The van der Waals surface area contributed by atoms with Crippen molar-refractivity contribution in [1.82, 2.24) is 5.32 Å². The van der Waals surface area contributed by atoms with Crippen molar-refractivity contribution < 1.29 is 0 Å². The second-order valence-corrected chi connectivity index (χ2v) is 3.18. The third-order valence-corrected chi connectivity index (χ3v) is 2.37. The van der Waals surface area contributed by atoms with Gasteiger partial charge in [-0.05, 0) is 11.0 Å². The average Bonchev–Trinajstić information content (AvgIpc) is 2.58. The van der Waals surface area contributed by atoms with Gasteiger partial charge < -0.3 is 5.32 Å². The molecule has 11 heavy (non-hydrogen) atoms. The highest BCUT2D eigenvalue weighted by molar-refractivity contribution is 8.05. The standard InChI is InChI=1S/C9H8NS/c1-2-4-8(5-3-1)9-10-6-7-11-9/h1-7,10H. The summed E-state index contributed by atoms with van der Waals surface area (Å²) in [5.74, 6) is 0. The molecule has 1 aliphatic rings. The number of benzene rings is 1. The summed E-state index contributed by atoms with van der Waals surface area (Å²) < 4.78 is 0. The van der Waals surface area contributed by atoms with Gasteiger partial charge in [-0.3, -0.25) is 0 Å². The Hall–Kier alpha value is -0.890. The molecular formula is C9H8NS. The van der Waals surface area contributed by atoms with E-state index in [0.29, 0.717) is 0 Å². The molecule has 1 radical (unpaired) electrons. The van der Waals surface area contributed by atoms with Crippen molar-refractivity contribution in [2.24, 2.45) is 0 Å². The summed E-state index contributed by atoms with van der Waals surface area (Å²) in [6.07, 6.45) is 1.95. The number of hydrogen-bond acceptors (Lipinski definition) is 2. The zero-order valence-electron chi connectivity index (χ0n) is 5.95. The molecule has 0 amide bonds. The van der Waals surface area contributed by atoms with E-state index in [-0.39, 0.29) is 0 Å². The SMILES string of the molecule is C1=CS[C](c2ccccc2)N1. The summed E-state index contributed by atoms with van der Waals surface area (Å²) in [6, 6.07) is 10.3. The van der Waals surface area contributed by atoms with Crippen molar-refractivity contribution >= 4 is 11.8 Å². The van der Waals surface area contributed by atoms with Gasteiger partial charge in [-0.1, -0.05) is 42.1 Å². The van der Waals surface area contributed by atoms with Crippen LogP contribution in [0.1, 0.15) is 5.56 Å². The number of nitrogens with one attached hydrogen (secondary N) is 1. The minimum atomic E-state index is 1.21. The van der Waals surface area contributed by atoms with Gasteiger partial charge in [0, 0.05) is 6.20 Å².